The van der Waals surface area contributed by atoms with Gasteiger partial charge in [-0.1, -0.05) is 64.1 Å². The van der Waals surface area contributed by atoms with Crippen LogP contribution in [0.4, 0.5) is 0 Å². The molecule has 5 nitrogen and oxygen atoms in total. The normalized spacial score (nSPS) is 18.9. The first-order valence-corrected chi connectivity index (χ1v) is 10.4. The first-order chi connectivity index (χ1) is 13.1. The summed E-state index contributed by atoms with van der Waals surface area (Å²) in [4.78, 5) is 17.7. The van der Waals surface area contributed by atoms with Crippen molar-refractivity contribution in [3.8, 4) is 0 Å². The molecule has 2 aromatic rings. The summed E-state index contributed by atoms with van der Waals surface area (Å²) in [5, 5.41) is 11.3. The molecular weight excluding hydrogens is 424 g/mol. The van der Waals surface area contributed by atoms with Crippen LogP contribution >= 0.6 is 27.7 Å². The van der Waals surface area contributed by atoms with Crippen LogP contribution in [0.2, 0.25) is 0 Å². The summed E-state index contributed by atoms with van der Waals surface area (Å²) < 4.78 is 0.895. The van der Waals surface area contributed by atoms with E-state index in [-0.39, 0.29) is 12.1 Å². The summed E-state index contributed by atoms with van der Waals surface area (Å²) in [7, 11) is 0. The lowest BCUT2D eigenvalue weighted by molar-refractivity contribution is -0.116. The number of thioether (sulfide) groups is 1. The molecule has 2 heterocycles. The number of fused-ring (bicyclic) bond motifs is 2. The molecule has 0 bridgehead atoms. The van der Waals surface area contributed by atoms with E-state index in [1.165, 1.54) is 11.8 Å². The fourth-order valence-electron chi connectivity index (χ4n) is 3.13. The number of amidine groups is 1. The number of amides is 1. The Balaban J connectivity index is 1.92. The van der Waals surface area contributed by atoms with Gasteiger partial charge in [0, 0.05) is 9.69 Å². The highest BCUT2D eigenvalue weighted by molar-refractivity contribution is 9.10. The smallest absolute Gasteiger partial charge is 0.276 e. The summed E-state index contributed by atoms with van der Waals surface area (Å²) in [5.41, 5.74) is 2.61. The number of hydrogen-bond acceptors (Lipinski definition) is 5. The Hall–Kier alpha value is -2.38. The van der Waals surface area contributed by atoms with Gasteiger partial charge in [-0.05, 0) is 42.5 Å². The maximum Gasteiger partial charge on any atom is 0.276 e. The van der Waals surface area contributed by atoms with Crippen LogP contribution in [-0.4, -0.2) is 28.5 Å². The van der Waals surface area contributed by atoms with Gasteiger partial charge >= 0.3 is 0 Å². The van der Waals surface area contributed by atoms with Gasteiger partial charge in [-0.25, -0.2) is 5.01 Å². The molecule has 7 heteroatoms. The average Bonchev–Trinajstić information content (AvgIpc) is 2.67. The third kappa shape index (κ3) is 3.44. The lowest BCUT2D eigenvalue weighted by atomic mass is 10.1. The minimum atomic E-state index is -0.373. The molecule has 2 aliphatic rings. The topological polar surface area (TPSA) is 57.1 Å². The van der Waals surface area contributed by atoms with Crippen LogP contribution in [-0.2, 0) is 4.79 Å². The molecule has 4 rings (SSSR count). The molecule has 0 aromatic heterocycles. The van der Waals surface area contributed by atoms with Crippen molar-refractivity contribution < 1.29 is 4.79 Å². The van der Waals surface area contributed by atoms with E-state index < -0.39 is 0 Å². The number of benzene rings is 2. The Bertz CT molecular complexity index is 1090. The van der Waals surface area contributed by atoms with Gasteiger partial charge in [0.1, 0.15) is 5.70 Å². The van der Waals surface area contributed by atoms with Gasteiger partial charge in [0.25, 0.3) is 5.91 Å². The summed E-state index contributed by atoms with van der Waals surface area (Å²) in [6.45, 7) is 2.02. The quantitative estimate of drug-likeness (QED) is 0.780. The molecule has 0 radical (unpaired) electrons. The Morgan fingerprint density at radius 3 is 2.78 bits per heavy atom. The molecule has 2 aliphatic heterocycles. The molecule has 0 fully saturated rings. The highest BCUT2D eigenvalue weighted by Crippen LogP contribution is 2.25. The second-order valence-corrected chi connectivity index (χ2v) is 7.93. The fourth-order valence-corrected chi connectivity index (χ4v) is 3.85. The van der Waals surface area contributed by atoms with Crippen molar-refractivity contribution in [2.24, 2.45) is 10.1 Å². The molecule has 0 unspecified atom stereocenters. The third-order valence-corrected chi connectivity index (χ3v) is 5.43. The molecule has 0 saturated heterocycles. The summed E-state index contributed by atoms with van der Waals surface area (Å²) in [6, 6.07) is 15.8. The maximum atomic E-state index is 12.8. The summed E-state index contributed by atoms with van der Waals surface area (Å²) >= 11 is 4.88. The van der Waals surface area contributed by atoms with Crippen molar-refractivity contribution in [3.05, 3.63) is 74.7 Å². The Morgan fingerprint density at radius 1 is 1.26 bits per heavy atom. The Morgan fingerprint density at radius 2 is 2.04 bits per heavy atom. The van der Waals surface area contributed by atoms with Gasteiger partial charge in [-0.3, -0.25) is 15.1 Å². The second-order valence-electron chi connectivity index (χ2n) is 6.22. The van der Waals surface area contributed by atoms with Crippen molar-refractivity contribution in [2.45, 2.75) is 13.1 Å². The molecule has 0 saturated carbocycles. The molecule has 2 aromatic carbocycles. The van der Waals surface area contributed by atoms with E-state index in [0.29, 0.717) is 10.9 Å². The molecule has 136 valence electrons. The van der Waals surface area contributed by atoms with E-state index in [9.17, 15) is 4.79 Å². The second kappa shape index (κ2) is 7.32. The zero-order valence-electron chi connectivity index (χ0n) is 14.8. The van der Waals surface area contributed by atoms with E-state index in [2.05, 4.69) is 32.4 Å². The molecule has 0 aliphatic carbocycles. The molecule has 27 heavy (non-hydrogen) atoms. The van der Waals surface area contributed by atoms with Crippen LogP contribution in [0, 0.1) is 0 Å². The zero-order valence-corrected chi connectivity index (χ0v) is 17.2. The third-order valence-electron chi connectivity index (χ3n) is 4.36. The van der Waals surface area contributed by atoms with Gasteiger partial charge in [-0.2, -0.15) is 0 Å². The minimum absolute atomic E-state index is 0.166. The number of nitrogens with one attached hydrogen (secondary N) is 1. The zero-order chi connectivity index (χ0) is 19.0. The molecule has 0 spiro atoms. The first kappa shape index (κ1) is 18.0. The highest BCUT2D eigenvalue weighted by Gasteiger charge is 2.34. The monoisotopic (exact) mass is 440 g/mol. The van der Waals surface area contributed by atoms with Crippen molar-refractivity contribution in [1.29, 1.82) is 0 Å². The number of halogens is 1. The lowest BCUT2D eigenvalue weighted by Gasteiger charge is -2.34. The largest absolute Gasteiger partial charge is 0.298 e. The number of carbonyl (C=O) groups is 1. The van der Waals surface area contributed by atoms with Gasteiger partial charge in [-0.15, -0.1) is 5.10 Å². The van der Waals surface area contributed by atoms with Crippen molar-refractivity contribution >= 4 is 50.5 Å². The number of nitrogens with zero attached hydrogens (tertiary/aromatic N) is 3. The minimum Gasteiger partial charge on any atom is -0.298 e. The fraction of sp³-hybridized carbons (Fsp3) is 0.150. The maximum absolute atomic E-state index is 12.8. The average molecular weight is 441 g/mol. The van der Waals surface area contributed by atoms with Crippen LogP contribution in [0.5, 0.6) is 0 Å². The predicted molar refractivity (Wildman–Crippen MR) is 113 cm³/mol. The van der Waals surface area contributed by atoms with Gasteiger partial charge in [0.05, 0.1) is 5.36 Å². The van der Waals surface area contributed by atoms with Crippen LogP contribution in [0.15, 0.2) is 68.7 Å². The van der Waals surface area contributed by atoms with Crippen molar-refractivity contribution in [2.75, 3.05) is 6.26 Å². The number of hydrogen-bond donors (Lipinski definition) is 1. The first-order valence-electron chi connectivity index (χ1n) is 8.41. The standard InChI is InChI=1S/C20H17BrN4OS/c1-12(10-13-6-4-3-5-7-13)18-22-16-9-8-14(21)11-15(16)17-19(26)23-20(27-2)24-25(17)18/h3-11,18H,1-2H3,(H,23,24,26)/b12-10+/t18-/m0/s1. The molecule has 1 N–H and O–H groups in total. The van der Waals surface area contributed by atoms with Crippen LogP contribution in [0.25, 0.3) is 11.8 Å². The van der Waals surface area contributed by atoms with Crippen LogP contribution in [0.1, 0.15) is 12.5 Å². The van der Waals surface area contributed by atoms with E-state index >= 15 is 0 Å². The van der Waals surface area contributed by atoms with Gasteiger partial charge in [0.2, 0.25) is 0 Å². The Kier molecular flexibility index (Phi) is 4.88. The van der Waals surface area contributed by atoms with Gasteiger partial charge in [0.15, 0.2) is 11.3 Å². The van der Waals surface area contributed by atoms with E-state index in [0.717, 1.165) is 26.2 Å². The van der Waals surface area contributed by atoms with E-state index in [1.807, 2.05) is 61.7 Å². The van der Waals surface area contributed by atoms with Crippen LogP contribution in [0.3, 0.4) is 0 Å². The summed E-state index contributed by atoms with van der Waals surface area (Å²) in [5.74, 6) is -0.166. The van der Waals surface area contributed by atoms with Gasteiger partial charge < -0.3 is 0 Å². The van der Waals surface area contributed by atoms with E-state index in [4.69, 9.17) is 4.99 Å². The molecule has 1 atom stereocenters. The number of rotatable bonds is 2. The van der Waals surface area contributed by atoms with Crippen molar-refractivity contribution in [3.63, 3.8) is 0 Å². The lowest BCUT2D eigenvalue weighted by Crippen LogP contribution is -2.52. The number of hydrazone groups is 1. The Labute approximate surface area is 169 Å². The predicted octanol–water partition coefficient (Wildman–Crippen LogP) is 2.69. The summed E-state index contributed by atoms with van der Waals surface area (Å²) in [6.07, 6.45) is 3.59. The van der Waals surface area contributed by atoms with Crippen LogP contribution < -0.4 is 15.9 Å². The highest BCUT2D eigenvalue weighted by atomic mass is 79.9. The SMILES string of the molecule is CSC1=NN2C(=c3cc(Br)ccc3=N[C@@H]2/C(C)=C/c2ccccc2)C(=O)N1. The molecule has 1 amide bonds. The molecular formula is C20H17BrN4OS. The van der Waals surface area contributed by atoms with E-state index in [1.54, 1.807) is 5.01 Å². The number of carbonyl (C=O) groups excluding carboxylic acids is 1. The van der Waals surface area contributed by atoms with Crippen molar-refractivity contribution in [1.82, 2.24) is 10.3 Å².